The first kappa shape index (κ1) is 18.1. The third-order valence-electron chi connectivity index (χ3n) is 2.60. The largest absolute Gasteiger partial charge is 0.459 e. The molecule has 2 aromatic rings. The lowest BCUT2D eigenvalue weighted by Gasteiger charge is -2.19. The van der Waals surface area contributed by atoms with Crippen molar-refractivity contribution in [2.75, 3.05) is 5.75 Å². The molecule has 0 fully saturated rings. The molecule has 0 N–H and O–H groups in total. The molecule has 8 heteroatoms. The number of pyridine rings is 1. The Bertz CT molecular complexity index is 805. The van der Waals surface area contributed by atoms with Crippen molar-refractivity contribution in [3.8, 4) is 10.6 Å². The van der Waals surface area contributed by atoms with Crippen LogP contribution in [0.25, 0.3) is 10.6 Å². The van der Waals surface area contributed by atoms with Crippen molar-refractivity contribution < 1.29 is 17.9 Å². The predicted octanol–water partition coefficient (Wildman–Crippen LogP) is 3.69. The van der Waals surface area contributed by atoms with Gasteiger partial charge < -0.3 is 4.74 Å². The standard InChI is InChI=1S/C15H16BrNO4S2/c1-15(2,3)21-13(18)9-23(19,20)14-7-6-12(22-14)11-5-4-10(16)8-17-11/h4-8H,9H2,1-3H3. The van der Waals surface area contributed by atoms with Crippen LogP contribution >= 0.6 is 27.3 Å². The second kappa shape index (κ2) is 6.70. The maximum absolute atomic E-state index is 12.3. The Kier molecular flexibility index (Phi) is 5.27. The quantitative estimate of drug-likeness (QED) is 0.709. The first-order valence-corrected chi connectivity index (χ1v) is 9.99. The first-order chi connectivity index (χ1) is 10.6. The fraction of sp³-hybridized carbons (Fsp3) is 0.333. The van der Waals surface area contributed by atoms with Gasteiger partial charge in [0, 0.05) is 10.7 Å². The molecule has 0 unspecified atom stereocenters. The Balaban J connectivity index is 2.18. The third-order valence-corrected chi connectivity index (χ3v) is 6.34. The minimum absolute atomic E-state index is 0.128. The van der Waals surface area contributed by atoms with Gasteiger partial charge in [-0.2, -0.15) is 0 Å². The van der Waals surface area contributed by atoms with Gasteiger partial charge >= 0.3 is 5.97 Å². The second-order valence-corrected chi connectivity index (χ2v) is 10.0. The highest BCUT2D eigenvalue weighted by Gasteiger charge is 2.25. The Labute approximate surface area is 147 Å². The molecule has 0 saturated heterocycles. The van der Waals surface area contributed by atoms with Crippen LogP contribution in [0.2, 0.25) is 0 Å². The molecule has 0 amide bonds. The summed E-state index contributed by atoms with van der Waals surface area (Å²) in [6.45, 7) is 5.08. The summed E-state index contributed by atoms with van der Waals surface area (Å²) in [5.41, 5.74) is -0.0360. The minimum Gasteiger partial charge on any atom is -0.459 e. The molecule has 2 rings (SSSR count). The topological polar surface area (TPSA) is 73.3 Å². The normalized spacial score (nSPS) is 12.2. The maximum Gasteiger partial charge on any atom is 0.322 e. The number of rotatable bonds is 4. The van der Waals surface area contributed by atoms with Gasteiger partial charge in [0.05, 0.1) is 10.6 Å². The van der Waals surface area contributed by atoms with E-state index in [-0.39, 0.29) is 4.21 Å². The van der Waals surface area contributed by atoms with Gasteiger partial charge in [-0.15, -0.1) is 11.3 Å². The molecule has 0 aliphatic carbocycles. The molecule has 5 nitrogen and oxygen atoms in total. The summed E-state index contributed by atoms with van der Waals surface area (Å²) in [5, 5.41) is 0. The molecular formula is C15H16BrNO4S2. The lowest BCUT2D eigenvalue weighted by atomic mass is 10.2. The van der Waals surface area contributed by atoms with Crippen molar-refractivity contribution in [3.63, 3.8) is 0 Å². The van der Waals surface area contributed by atoms with Gasteiger partial charge in [-0.3, -0.25) is 9.78 Å². The summed E-state index contributed by atoms with van der Waals surface area (Å²) >= 11 is 4.38. The average molecular weight is 418 g/mol. The molecule has 124 valence electrons. The lowest BCUT2D eigenvalue weighted by molar-refractivity contribution is -0.151. The fourth-order valence-electron chi connectivity index (χ4n) is 1.74. The van der Waals surface area contributed by atoms with Crippen molar-refractivity contribution in [1.82, 2.24) is 4.98 Å². The summed E-state index contributed by atoms with van der Waals surface area (Å²) in [4.78, 5) is 16.7. The highest BCUT2D eigenvalue weighted by atomic mass is 79.9. The van der Waals surface area contributed by atoms with Crippen molar-refractivity contribution in [2.45, 2.75) is 30.6 Å². The fourth-order valence-corrected chi connectivity index (χ4v) is 4.43. The monoisotopic (exact) mass is 417 g/mol. The molecule has 0 bridgehead atoms. The Morgan fingerprint density at radius 2 is 1.96 bits per heavy atom. The van der Waals surface area contributed by atoms with Gasteiger partial charge in [0.2, 0.25) is 0 Å². The predicted molar refractivity (Wildman–Crippen MR) is 93.1 cm³/mol. The SMILES string of the molecule is CC(C)(C)OC(=O)CS(=O)(=O)c1ccc(-c2ccc(Br)cn2)s1. The van der Waals surface area contributed by atoms with E-state index in [1.54, 1.807) is 39.1 Å². The van der Waals surface area contributed by atoms with Gasteiger partial charge in [-0.1, -0.05) is 0 Å². The van der Waals surface area contributed by atoms with E-state index < -0.39 is 27.2 Å². The summed E-state index contributed by atoms with van der Waals surface area (Å²) < 4.78 is 30.7. The molecule has 2 heterocycles. The number of thiophene rings is 1. The van der Waals surface area contributed by atoms with Crippen LogP contribution in [-0.4, -0.2) is 30.7 Å². The average Bonchev–Trinajstić information content (AvgIpc) is 2.86. The second-order valence-electron chi connectivity index (χ2n) is 5.83. The number of nitrogens with zero attached hydrogens (tertiary/aromatic N) is 1. The molecule has 23 heavy (non-hydrogen) atoms. The molecule has 0 saturated carbocycles. The van der Waals surface area contributed by atoms with Gasteiger partial charge in [-0.05, 0) is 61.0 Å². The summed E-state index contributed by atoms with van der Waals surface area (Å²) in [5.74, 6) is -1.42. The van der Waals surface area contributed by atoms with E-state index in [2.05, 4.69) is 20.9 Å². The molecule has 0 atom stereocenters. The van der Waals surface area contributed by atoms with Gasteiger partial charge in [0.25, 0.3) is 0 Å². The number of carbonyl (C=O) groups excluding carboxylic acids is 1. The van der Waals surface area contributed by atoms with E-state index in [0.29, 0.717) is 5.69 Å². The Hall–Kier alpha value is -1.25. The highest BCUT2D eigenvalue weighted by molar-refractivity contribution is 9.10. The zero-order chi connectivity index (χ0) is 17.3. The van der Waals surface area contributed by atoms with Crippen LogP contribution in [0.4, 0.5) is 0 Å². The summed E-state index contributed by atoms with van der Waals surface area (Å²) in [7, 11) is -3.72. The van der Waals surface area contributed by atoms with Crippen molar-refractivity contribution >= 4 is 43.1 Å². The zero-order valence-electron chi connectivity index (χ0n) is 12.9. The van der Waals surface area contributed by atoms with Crippen LogP contribution < -0.4 is 0 Å². The minimum atomic E-state index is -3.72. The van der Waals surface area contributed by atoms with Gasteiger partial charge in [0.1, 0.15) is 9.81 Å². The van der Waals surface area contributed by atoms with Crippen LogP contribution in [0.5, 0.6) is 0 Å². The van der Waals surface area contributed by atoms with E-state index in [9.17, 15) is 13.2 Å². The molecule has 0 spiro atoms. The van der Waals surface area contributed by atoms with Crippen LogP contribution in [0.3, 0.4) is 0 Å². The van der Waals surface area contributed by atoms with E-state index >= 15 is 0 Å². The van der Waals surface area contributed by atoms with E-state index in [0.717, 1.165) is 20.7 Å². The Morgan fingerprint density at radius 3 is 2.52 bits per heavy atom. The smallest absolute Gasteiger partial charge is 0.322 e. The number of hydrogen-bond acceptors (Lipinski definition) is 6. The number of esters is 1. The molecule has 0 aliphatic rings. The number of ether oxygens (including phenoxy) is 1. The van der Waals surface area contributed by atoms with Gasteiger partial charge in [-0.25, -0.2) is 8.42 Å². The van der Waals surface area contributed by atoms with Crippen LogP contribution in [0.1, 0.15) is 20.8 Å². The maximum atomic E-state index is 12.3. The van der Waals surface area contributed by atoms with Crippen molar-refractivity contribution in [1.29, 1.82) is 0 Å². The van der Waals surface area contributed by atoms with Gasteiger partial charge in [0.15, 0.2) is 15.6 Å². The van der Waals surface area contributed by atoms with E-state index in [1.165, 1.54) is 6.07 Å². The summed E-state index contributed by atoms with van der Waals surface area (Å²) in [6, 6.07) is 6.80. The molecule has 0 radical (unpaired) electrons. The van der Waals surface area contributed by atoms with Crippen LogP contribution in [0.15, 0.2) is 39.1 Å². The van der Waals surface area contributed by atoms with E-state index in [1.807, 2.05) is 6.07 Å². The first-order valence-electron chi connectivity index (χ1n) is 6.73. The van der Waals surface area contributed by atoms with Crippen LogP contribution in [0, 0.1) is 0 Å². The Morgan fingerprint density at radius 1 is 1.26 bits per heavy atom. The molecule has 0 aliphatic heterocycles. The number of carbonyl (C=O) groups is 1. The molecule has 2 aromatic heterocycles. The number of hydrogen-bond donors (Lipinski definition) is 0. The number of aromatic nitrogens is 1. The number of sulfone groups is 1. The summed E-state index contributed by atoms with van der Waals surface area (Å²) in [6.07, 6.45) is 1.64. The zero-order valence-corrected chi connectivity index (χ0v) is 16.1. The molecular weight excluding hydrogens is 402 g/mol. The van der Waals surface area contributed by atoms with Crippen molar-refractivity contribution in [3.05, 3.63) is 34.9 Å². The van der Waals surface area contributed by atoms with E-state index in [4.69, 9.17) is 4.74 Å². The van der Waals surface area contributed by atoms with Crippen LogP contribution in [-0.2, 0) is 19.4 Å². The van der Waals surface area contributed by atoms with Crippen molar-refractivity contribution in [2.24, 2.45) is 0 Å². The number of halogens is 1. The molecule has 0 aromatic carbocycles. The lowest BCUT2D eigenvalue weighted by Crippen LogP contribution is -2.28. The third kappa shape index (κ3) is 5.12. The highest BCUT2D eigenvalue weighted by Crippen LogP contribution is 2.30.